The Balaban J connectivity index is 1.71. The molecule has 1 amide bonds. The van der Waals surface area contributed by atoms with Crippen LogP contribution in [-0.2, 0) is 0 Å². The van der Waals surface area contributed by atoms with Gasteiger partial charge in [0.1, 0.15) is 0 Å². The van der Waals surface area contributed by atoms with Crippen molar-refractivity contribution in [3.8, 4) is 0 Å². The molecule has 1 heterocycles. The fraction of sp³-hybridized carbons (Fsp3) is 0.727. The van der Waals surface area contributed by atoms with Gasteiger partial charge in [-0.15, -0.1) is 0 Å². The molecule has 0 aromatic carbocycles. The number of nitrogens with zero attached hydrogens (tertiary/aromatic N) is 2. The Morgan fingerprint density at radius 2 is 2.12 bits per heavy atom. The standard InChI is InChI=1S/C11H18N4O2/c12-10-9(14-17-15-10)11(16)13-7-6-8-4-2-1-3-5-8/h8H,1-7H2,(H2,12,15)(H,13,16). The molecule has 0 atom stereocenters. The molecule has 0 bridgehead atoms. The molecule has 1 aromatic rings. The number of amides is 1. The van der Waals surface area contributed by atoms with Crippen LogP contribution in [0.15, 0.2) is 4.63 Å². The van der Waals surface area contributed by atoms with Gasteiger partial charge in [-0.05, 0) is 22.7 Å². The Bertz CT molecular complexity index is 371. The number of nitrogens with one attached hydrogen (secondary N) is 1. The summed E-state index contributed by atoms with van der Waals surface area (Å²) in [7, 11) is 0. The molecule has 17 heavy (non-hydrogen) atoms. The number of hydrogen-bond donors (Lipinski definition) is 2. The molecule has 6 nitrogen and oxygen atoms in total. The number of carbonyl (C=O) groups is 1. The quantitative estimate of drug-likeness (QED) is 0.825. The smallest absolute Gasteiger partial charge is 0.277 e. The van der Waals surface area contributed by atoms with E-state index in [0.29, 0.717) is 6.54 Å². The van der Waals surface area contributed by atoms with Crippen molar-refractivity contribution in [3.63, 3.8) is 0 Å². The van der Waals surface area contributed by atoms with Crippen molar-refractivity contribution < 1.29 is 9.42 Å². The van der Waals surface area contributed by atoms with E-state index in [2.05, 4.69) is 20.3 Å². The van der Waals surface area contributed by atoms with Crippen LogP contribution in [0.1, 0.15) is 49.0 Å². The Labute approximate surface area is 99.9 Å². The minimum Gasteiger partial charge on any atom is -0.379 e. The summed E-state index contributed by atoms with van der Waals surface area (Å²) in [5.41, 5.74) is 5.51. The van der Waals surface area contributed by atoms with Crippen LogP contribution in [-0.4, -0.2) is 22.8 Å². The lowest BCUT2D eigenvalue weighted by Gasteiger charge is -2.21. The van der Waals surface area contributed by atoms with Crippen molar-refractivity contribution in [2.45, 2.75) is 38.5 Å². The lowest BCUT2D eigenvalue weighted by molar-refractivity contribution is 0.0941. The van der Waals surface area contributed by atoms with Gasteiger partial charge in [-0.25, -0.2) is 4.63 Å². The molecule has 0 unspecified atom stereocenters. The SMILES string of the molecule is Nc1nonc1C(=O)NCCC1CCCCC1. The Hall–Kier alpha value is -1.59. The third kappa shape index (κ3) is 3.18. The van der Waals surface area contributed by atoms with Crippen LogP contribution in [0.25, 0.3) is 0 Å². The molecule has 0 saturated heterocycles. The van der Waals surface area contributed by atoms with Crippen LogP contribution >= 0.6 is 0 Å². The first-order valence-electron chi connectivity index (χ1n) is 6.13. The number of aromatic nitrogens is 2. The van der Waals surface area contributed by atoms with E-state index in [1.54, 1.807) is 0 Å². The third-order valence-corrected chi connectivity index (χ3v) is 3.29. The molecule has 3 N–H and O–H groups in total. The summed E-state index contributed by atoms with van der Waals surface area (Å²) < 4.78 is 4.38. The monoisotopic (exact) mass is 238 g/mol. The minimum absolute atomic E-state index is 0.0418. The summed E-state index contributed by atoms with van der Waals surface area (Å²) >= 11 is 0. The van der Waals surface area contributed by atoms with Gasteiger partial charge in [0.25, 0.3) is 5.91 Å². The summed E-state index contributed by atoms with van der Waals surface area (Å²) in [6.07, 6.45) is 7.57. The van der Waals surface area contributed by atoms with Gasteiger partial charge in [0.2, 0.25) is 11.5 Å². The van der Waals surface area contributed by atoms with Crippen molar-refractivity contribution in [2.24, 2.45) is 5.92 Å². The molecule has 0 spiro atoms. The normalized spacial score (nSPS) is 16.9. The molecule has 94 valence electrons. The van der Waals surface area contributed by atoms with Gasteiger partial charge in [-0.1, -0.05) is 32.1 Å². The topological polar surface area (TPSA) is 94.0 Å². The lowest BCUT2D eigenvalue weighted by Crippen LogP contribution is -2.27. The molecule has 0 radical (unpaired) electrons. The molecule has 0 aliphatic heterocycles. The average Bonchev–Trinajstić information content (AvgIpc) is 2.77. The zero-order valence-corrected chi connectivity index (χ0v) is 9.82. The third-order valence-electron chi connectivity index (χ3n) is 3.29. The van der Waals surface area contributed by atoms with Gasteiger partial charge in [0.05, 0.1) is 0 Å². The highest BCUT2D eigenvalue weighted by Gasteiger charge is 2.17. The van der Waals surface area contributed by atoms with Crippen LogP contribution < -0.4 is 11.1 Å². The van der Waals surface area contributed by atoms with Gasteiger partial charge in [0, 0.05) is 6.54 Å². The van der Waals surface area contributed by atoms with Crippen molar-refractivity contribution >= 4 is 11.7 Å². The maximum atomic E-state index is 11.6. The molecule has 1 aliphatic carbocycles. The Kier molecular flexibility index (Phi) is 3.95. The van der Waals surface area contributed by atoms with Gasteiger partial charge in [0.15, 0.2) is 0 Å². The van der Waals surface area contributed by atoms with Gasteiger partial charge in [-0.2, -0.15) is 0 Å². The van der Waals surface area contributed by atoms with Crippen LogP contribution in [0.4, 0.5) is 5.82 Å². The maximum Gasteiger partial charge on any atom is 0.277 e. The summed E-state index contributed by atoms with van der Waals surface area (Å²) in [5, 5.41) is 9.62. The first-order chi connectivity index (χ1) is 8.27. The fourth-order valence-electron chi connectivity index (χ4n) is 2.30. The summed E-state index contributed by atoms with van der Waals surface area (Å²) in [4.78, 5) is 11.6. The highest BCUT2D eigenvalue weighted by atomic mass is 16.6. The van der Waals surface area contributed by atoms with Crippen molar-refractivity contribution in [2.75, 3.05) is 12.3 Å². The maximum absolute atomic E-state index is 11.6. The van der Waals surface area contributed by atoms with Gasteiger partial charge >= 0.3 is 0 Å². The summed E-state index contributed by atoms with van der Waals surface area (Å²) in [6.45, 7) is 0.662. The number of rotatable bonds is 4. The predicted molar refractivity (Wildman–Crippen MR) is 62.2 cm³/mol. The van der Waals surface area contributed by atoms with E-state index in [1.165, 1.54) is 32.1 Å². The number of nitrogens with two attached hydrogens (primary N) is 1. The van der Waals surface area contributed by atoms with Crippen LogP contribution in [0, 0.1) is 5.92 Å². The molecule has 1 aliphatic rings. The van der Waals surface area contributed by atoms with Gasteiger partial charge < -0.3 is 11.1 Å². The highest BCUT2D eigenvalue weighted by molar-refractivity contribution is 5.95. The molecule has 1 aromatic heterocycles. The minimum atomic E-state index is -0.306. The summed E-state index contributed by atoms with van der Waals surface area (Å²) in [5.74, 6) is 0.483. The lowest BCUT2D eigenvalue weighted by atomic mass is 9.87. The molecule has 1 saturated carbocycles. The van der Waals surface area contributed by atoms with Crippen molar-refractivity contribution in [1.82, 2.24) is 15.6 Å². The van der Waals surface area contributed by atoms with E-state index >= 15 is 0 Å². The van der Waals surface area contributed by atoms with E-state index < -0.39 is 0 Å². The van der Waals surface area contributed by atoms with Crippen LogP contribution in [0.2, 0.25) is 0 Å². The summed E-state index contributed by atoms with van der Waals surface area (Å²) in [6, 6.07) is 0. The molecular formula is C11H18N4O2. The number of anilines is 1. The zero-order valence-electron chi connectivity index (χ0n) is 9.82. The fourth-order valence-corrected chi connectivity index (χ4v) is 2.30. The Morgan fingerprint density at radius 3 is 2.76 bits per heavy atom. The number of nitrogen functional groups attached to an aromatic ring is 1. The van der Waals surface area contributed by atoms with E-state index in [9.17, 15) is 4.79 Å². The van der Waals surface area contributed by atoms with Gasteiger partial charge in [-0.3, -0.25) is 4.79 Å². The molecular weight excluding hydrogens is 220 g/mol. The first kappa shape index (κ1) is 11.9. The van der Waals surface area contributed by atoms with Crippen molar-refractivity contribution in [1.29, 1.82) is 0 Å². The van der Waals surface area contributed by atoms with E-state index in [4.69, 9.17) is 5.73 Å². The second-order valence-electron chi connectivity index (χ2n) is 4.55. The van der Waals surface area contributed by atoms with E-state index in [-0.39, 0.29) is 17.4 Å². The highest BCUT2D eigenvalue weighted by Crippen LogP contribution is 2.25. The van der Waals surface area contributed by atoms with Crippen LogP contribution in [0.5, 0.6) is 0 Å². The number of carbonyl (C=O) groups excluding carboxylic acids is 1. The van der Waals surface area contributed by atoms with Crippen LogP contribution in [0.3, 0.4) is 0 Å². The molecule has 1 fully saturated rings. The molecule has 6 heteroatoms. The number of hydrogen-bond acceptors (Lipinski definition) is 5. The Morgan fingerprint density at radius 1 is 1.35 bits per heavy atom. The second-order valence-corrected chi connectivity index (χ2v) is 4.55. The van der Waals surface area contributed by atoms with E-state index in [0.717, 1.165) is 12.3 Å². The second kappa shape index (κ2) is 5.65. The van der Waals surface area contributed by atoms with E-state index in [1.807, 2.05) is 0 Å². The first-order valence-corrected chi connectivity index (χ1v) is 6.13. The largest absolute Gasteiger partial charge is 0.379 e. The van der Waals surface area contributed by atoms with Crippen molar-refractivity contribution in [3.05, 3.63) is 5.69 Å². The zero-order chi connectivity index (χ0) is 12.1. The average molecular weight is 238 g/mol. The molecule has 2 rings (SSSR count). The predicted octanol–water partition coefficient (Wildman–Crippen LogP) is 1.35.